The molecule has 0 aromatic heterocycles. The van der Waals surface area contributed by atoms with Crippen LogP contribution in [-0.2, 0) is 23.9 Å². The zero-order valence-electron chi connectivity index (χ0n) is 15.4. The topological polar surface area (TPSA) is 97.0 Å². The highest BCUT2D eigenvalue weighted by atomic mass is 16.5. The lowest BCUT2D eigenvalue weighted by molar-refractivity contribution is -0.158. The third kappa shape index (κ3) is 5.19. The Morgan fingerprint density at radius 1 is 1.26 bits per heavy atom. The van der Waals surface area contributed by atoms with E-state index < -0.39 is 18.0 Å². The van der Waals surface area contributed by atoms with Gasteiger partial charge in [0.1, 0.15) is 0 Å². The molecule has 0 saturated carbocycles. The van der Waals surface area contributed by atoms with Crippen LogP contribution in [0.4, 0.5) is 11.4 Å². The van der Waals surface area contributed by atoms with E-state index >= 15 is 0 Å². The van der Waals surface area contributed by atoms with Crippen LogP contribution in [0.15, 0.2) is 24.3 Å². The molecule has 0 aliphatic carbocycles. The van der Waals surface area contributed by atoms with E-state index in [-0.39, 0.29) is 18.4 Å². The van der Waals surface area contributed by atoms with Gasteiger partial charge in [0.25, 0.3) is 5.91 Å². The molecular weight excluding hydrogens is 350 g/mol. The van der Waals surface area contributed by atoms with Crippen molar-refractivity contribution in [3.05, 3.63) is 24.3 Å². The summed E-state index contributed by atoms with van der Waals surface area (Å²) in [4.78, 5) is 37.8. The second-order valence-corrected chi connectivity index (χ2v) is 6.75. The molecule has 2 atom stereocenters. The van der Waals surface area contributed by atoms with Crippen LogP contribution >= 0.6 is 0 Å². The number of hydrogen-bond donors (Lipinski definition) is 2. The Morgan fingerprint density at radius 2 is 1.96 bits per heavy atom. The van der Waals surface area contributed by atoms with E-state index in [1.165, 1.54) is 6.92 Å². The van der Waals surface area contributed by atoms with Gasteiger partial charge in [0.05, 0.1) is 19.1 Å². The highest BCUT2D eigenvalue weighted by molar-refractivity contribution is 5.95. The molecule has 0 spiro atoms. The third-order valence-electron chi connectivity index (χ3n) is 4.77. The number of carbonyl (C=O) groups excluding carboxylic acids is 3. The number of piperidine rings is 1. The van der Waals surface area contributed by atoms with Crippen molar-refractivity contribution in [2.45, 2.75) is 25.9 Å². The lowest BCUT2D eigenvalue weighted by atomic mass is 9.99. The summed E-state index contributed by atoms with van der Waals surface area (Å²) >= 11 is 0. The van der Waals surface area contributed by atoms with E-state index in [9.17, 15) is 14.4 Å². The minimum absolute atomic E-state index is 0.0645. The number of amides is 2. The Bertz CT molecular complexity index is 675. The van der Waals surface area contributed by atoms with Gasteiger partial charge in [-0.3, -0.25) is 14.4 Å². The summed E-state index contributed by atoms with van der Waals surface area (Å²) in [5.41, 5.74) is 1.72. The Labute approximate surface area is 158 Å². The van der Waals surface area contributed by atoms with Gasteiger partial charge < -0.3 is 25.0 Å². The second kappa shape index (κ2) is 8.85. The van der Waals surface area contributed by atoms with Crippen LogP contribution in [0.25, 0.3) is 0 Å². The van der Waals surface area contributed by atoms with Crippen LogP contribution in [0, 0.1) is 5.92 Å². The maximum Gasteiger partial charge on any atom is 0.311 e. The fourth-order valence-corrected chi connectivity index (χ4v) is 3.08. The molecule has 2 heterocycles. The lowest BCUT2D eigenvalue weighted by Crippen LogP contribution is -2.41. The second-order valence-electron chi connectivity index (χ2n) is 6.75. The molecule has 2 unspecified atom stereocenters. The quantitative estimate of drug-likeness (QED) is 0.743. The number of rotatable bonds is 5. The molecule has 8 heteroatoms. The van der Waals surface area contributed by atoms with Crippen molar-refractivity contribution in [1.29, 1.82) is 0 Å². The zero-order valence-corrected chi connectivity index (χ0v) is 15.4. The van der Waals surface area contributed by atoms with Gasteiger partial charge in [-0.1, -0.05) is 0 Å². The number of carbonyl (C=O) groups is 3. The van der Waals surface area contributed by atoms with Crippen LogP contribution in [0.2, 0.25) is 0 Å². The van der Waals surface area contributed by atoms with Crippen LogP contribution in [0.3, 0.4) is 0 Å². The number of anilines is 2. The van der Waals surface area contributed by atoms with Crippen molar-refractivity contribution < 1.29 is 23.9 Å². The van der Waals surface area contributed by atoms with Gasteiger partial charge in [-0.15, -0.1) is 0 Å². The number of esters is 1. The first kappa shape index (κ1) is 19.2. The normalized spacial score (nSPS) is 21.1. The molecule has 0 bridgehead atoms. The largest absolute Gasteiger partial charge is 0.452 e. The molecule has 146 valence electrons. The summed E-state index contributed by atoms with van der Waals surface area (Å²) in [6.45, 7) is 4.92. The molecular formula is C19H25N3O5. The summed E-state index contributed by atoms with van der Waals surface area (Å²) in [5.74, 6) is -1.31. The fourth-order valence-electron chi connectivity index (χ4n) is 3.08. The van der Waals surface area contributed by atoms with Gasteiger partial charge >= 0.3 is 5.97 Å². The highest BCUT2D eigenvalue weighted by Crippen LogP contribution is 2.19. The van der Waals surface area contributed by atoms with E-state index in [1.54, 1.807) is 0 Å². The molecule has 8 nitrogen and oxygen atoms in total. The maximum atomic E-state index is 12.3. The lowest BCUT2D eigenvalue weighted by Gasteiger charge is -2.29. The molecule has 2 fully saturated rings. The molecule has 2 N–H and O–H groups in total. The monoisotopic (exact) mass is 375 g/mol. The van der Waals surface area contributed by atoms with Crippen molar-refractivity contribution in [3.8, 4) is 0 Å². The number of morpholine rings is 1. The Morgan fingerprint density at radius 3 is 2.59 bits per heavy atom. The number of nitrogens with zero attached hydrogens (tertiary/aromatic N) is 1. The Kier molecular flexibility index (Phi) is 6.28. The summed E-state index contributed by atoms with van der Waals surface area (Å²) in [6, 6.07) is 7.55. The number of nitrogens with one attached hydrogen (secondary N) is 2. The minimum Gasteiger partial charge on any atom is -0.452 e. The predicted molar refractivity (Wildman–Crippen MR) is 99.4 cm³/mol. The first-order valence-electron chi connectivity index (χ1n) is 9.24. The molecule has 27 heavy (non-hydrogen) atoms. The van der Waals surface area contributed by atoms with Crippen molar-refractivity contribution in [2.75, 3.05) is 43.1 Å². The summed E-state index contributed by atoms with van der Waals surface area (Å²) in [7, 11) is 0. The van der Waals surface area contributed by atoms with Crippen LogP contribution in [0.1, 0.15) is 19.8 Å². The first-order chi connectivity index (χ1) is 13.0. The molecule has 0 radical (unpaired) electrons. The average molecular weight is 375 g/mol. The fraction of sp³-hybridized carbons (Fsp3) is 0.526. The minimum atomic E-state index is -0.908. The van der Waals surface area contributed by atoms with E-state index in [4.69, 9.17) is 9.47 Å². The Hall–Kier alpha value is -2.61. The Balaban J connectivity index is 1.48. The van der Waals surface area contributed by atoms with Crippen molar-refractivity contribution >= 4 is 29.2 Å². The van der Waals surface area contributed by atoms with Gasteiger partial charge in [0.15, 0.2) is 6.10 Å². The summed E-state index contributed by atoms with van der Waals surface area (Å²) in [6.07, 6.45) is -0.160. The summed E-state index contributed by atoms with van der Waals surface area (Å²) < 4.78 is 10.6. The average Bonchev–Trinajstić information content (AvgIpc) is 2.69. The van der Waals surface area contributed by atoms with Gasteiger partial charge in [-0.2, -0.15) is 0 Å². The number of benzene rings is 1. The first-order valence-corrected chi connectivity index (χ1v) is 9.24. The molecule has 2 aliphatic rings. The number of hydrogen-bond acceptors (Lipinski definition) is 6. The van der Waals surface area contributed by atoms with Gasteiger partial charge in [-0.25, -0.2) is 0 Å². The van der Waals surface area contributed by atoms with Crippen molar-refractivity contribution in [2.24, 2.45) is 5.92 Å². The number of ether oxygens (including phenoxy) is 2. The maximum absolute atomic E-state index is 12.3. The standard InChI is InChI=1S/C19H25N3O5/c1-13(27-19(25)14-2-7-17(23)20-12-14)18(24)21-15-3-5-16(6-4-15)22-8-10-26-11-9-22/h3-6,13-14H,2,7-12H2,1H3,(H,20,23)(H,21,24). The van der Waals surface area contributed by atoms with Crippen LogP contribution in [0.5, 0.6) is 0 Å². The van der Waals surface area contributed by atoms with Crippen LogP contribution < -0.4 is 15.5 Å². The van der Waals surface area contributed by atoms with E-state index in [2.05, 4.69) is 15.5 Å². The van der Waals surface area contributed by atoms with Gasteiger partial charge in [-0.05, 0) is 37.6 Å². The molecule has 2 aliphatic heterocycles. The molecule has 1 aromatic rings. The van der Waals surface area contributed by atoms with Crippen molar-refractivity contribution in [1.82, 2.24) is 5.32 Å². The van der Waals surface area contributed by atoms with Gasteiger partial charge in [0, 0.05) is 37.4 Å². The van der Waals surface area contributed by atoms with Crippen LogP contribution in [-0.4, -0.2) is 56.7 Å². The summed E-state index contributed by atoms with van der Waals surface area (Å²) in [5, 5.41) is 5.39. The van der Waals surface area contributed by atoms with Crippen molar-refractivity contribution in [3.63, 3.8) is 0 Å². The molecule has 2 saturated heterocycles. The molecule has 2 amide bonds. The van der Waals surface area contributed by atoms with E-state index in [0.717, 1.165) is 18.8 Å². The molecule has 3 rings (SSSR count). The zero-order chi connectivity index (χ0) is 19.2. The van der Waals surface area contributed by atoms with Gasteiger partial charge in [0.2, 0.25) is 5.91 Å². The molecule has 1 aromatic carbocycles. The smallest absolute Gasteiger partial charge is 0.311 e. The van der Waals surface area contributed by atoms with E-state index in [1.807, 2.05) is 24.3 Å². The SMILES string of the molecule is CC(OC(=O)C1CCC(=O)NC1)C(=O)Nc1ccc(N2CCOCC2)cc1. The highest BCUT2D eigenvalue weighted by Gasteiger charge is 2.28. The van der Waals surface area contributed by atoms with E-state index in [0.29, 0.717) is 31.7 Å². The predicted octanol–water partition coefficient (Wildman–Crippen LogP) is 0.920. The third-order valence-corrected chi connectivity index (χ3v) is 4.77.